The lowest BCUT2D eigenvalue weighted by atomic mass is 9.87. The van der Waals surface area contributed by atoms with Gasteiger partial charge in [0.1, 0.15) is 0 Å². The van der Waals surface area contributed by atoms with Gasteiger partial charge in [0.2, 0.25) is 5.91 Å². The van der Waals surface area contributed by atoms with Crippen molar-refractivity contribution in [3.63, 3.8) is 0 Å². The van der Waals surface area contributed by atoms with Crippen molar-refractivity contribution in [3.8, 4) is 0 Å². The second-order valence-electron chi connectivity index (χ2n) is 5.44. The second kappa shape index (κ2) is 7.61. The van der Waals surface area contributed by atoms with Crippen LogP contribution < -0.4 is 10.6 Å². The number of halogens is 1. The molecule has 3 unspecified atom stereocenters. The standard InChI is InChI=1S/C13H24N2OS.ClH/c1-9(10-7-14-8-10)13(16)15-11-4-3-5-12(6-11)17-2;/h9-12,14H,3-8H2,1-2H3,(H,15,16);1H. The van der Waals surface area contributed by atoms with Crippen molar-refractivity contribution in [2.45, 2.75) is 43.9 Å². The van der Waals surface area contributed by atoms with E-state index in [1.807, 2.05) is 11.8 Å². The van der Waals surface area contributed by atoms with E-state index in [0.29, 0.717) is 12.0 Å². The number of carbonyl (C=O) groups is 1. The molecular weight excluding hydrogens is 268 g/mol. The van der Waals surface area contributed by atoms with Crippen molar-refractivity contribution < 1.29 is 4.79 Å². The Kier molecular flexibility index (Phi) is 6.82. The highest BCUT2D eigenvalue weighted by Crippen LogP contribution is 2.27. The van der Waals surface area contributed by atoms with Crippen LogP contribution in [-0.2, 0) is 4.79 Å². The molecule has 0 spiro atoms. The summed E-state index contributed by atoms with van der Waals surface area (Å²) in [6.45, 7) is 4.08. The summed E-state index contributed by atoms with van der Waals surface area (Å²) in [6, 6.07) is 0.421. The van der Waals surface area contributed by atoms with E-state index in [1.165, 1.54) is 19.3 Å². The van der Waals surface area contributed by atoms with E-state index >= 15 is 0 Å². The van der Waals surface area contributed by atoms with Gasteiger partial charge in [0.15, 0.2) is 0 Å². The molecule has 18 heavy (non-hydrogen) atoms. The van der Waals surface area contributed by atoms with E-state index in [4.69, 9.17) is 0 Å². The molecule has 0 radical (unpaired) electrons. The van der Waals surface area contributed by atoms with Gasteiger partial charge in [-0.25, -0.2) is 0 Å². The molecule has 1 amide bonds. The van der Waals surface area contributed by atoms with E-state index < -0.39 is 0 Å². The SMILES string of the molecule is CSC1CCCC(NC(=O)C(C)C2CNC2)C1.Cl. The highest BCUT2D eigenvalue weighted by atomic mass is 35.5. The smallest absolute Gasteiger partial charge is 0.223 e. The first-order valence-electron chi connectivity index (χ1n) is 6.74. The van der Waals surface area contributed by atoms with E-state index in [1.54, 1.807) is 0 Å². The third-order valence-electron chi connectivity index (χ3n) is 4.24. The fourth-order valence-electron chi connectivity index (χ4n) is 2.70. The predicted molar refractivity (Wildman–Crippen MR) is 80.5 cm³/mol. The molecular formula is C13H25ClN2OS. The molecule has 1 saturated heterocycles. The monoisotopic (exact) mass is 292 g/mol. The number of nitrogens with one attached hydrogen (secondary N) is 2. The number of amides is 1. The average Bonchev–Trinajstić information content (AvgIpc) is 2.27. The maximum Gasteiger partial charge on any atom is 0.223 e. The Hall–Kier alpha value is 0.0700. The first kappa shape index (κ1) is 16.1. The fourth-order valence-corrected chi connectivity index (χ4v) is 3.53. The highest BCUT2D eigenvalue weighted by Gasteiger charge is 2.30. The van der Waals surface area contributed by atoms with Crippen molar-refractivity contribution in [2.75, 3.05) is 19.3 Å². The van der Waals surface area contributed by atoms with Gasteiger partial charge in [0, 0.05) is 17.2 Å². The van der Waals surface area contributed by atoms with Crippen LogP contribution in [0.5, 0.6) is 0 Å². The maximum absolute atomic E-state index is 12.1. The minimum absolute atomic E-state index is 0. The molecule has 3 nitrogen and oxygen atoms in total. The van der Waals surface area contributed by atoms with Crippen molar-refractivity contribution >= 4 is 30.1 Å². The zero-order valence-corrected chi connectivity index (χ0v) is 12.9. The van der Waals surface area contributed by atoms with Gasteiger partial charge in [-0.05, 0) is 44.5 Å². The normalized spacial score (nSPS) is 29.9. The van der Waals surface area contributed by atoms with Gasteiger partial charge < -0.3 is 10.6 Å². The largest absolute Gasteiger partial charge is 0.353 e. The second-order valence-corrected chi connectivity index (χ2v) is 6.57. The average molecular weight is 293 g/mol. The lowest BCUT2D eigenvalue weighted by Gasteiger charge is -2.34. The Balaban J connectivity index is 0.00000162. The molecule has 2 rings (SSSR count). The van der Waals surface area contributed by atoms with Crippen LogP contribution in [0.4, 0.5) is 0 Å². The van der Waals surface area contributed by atoms with Crippen LogP contribution >= 0.6 is 24.2 Å². The number of thioether (sulfide) groups is 1. The molecule has 2 aliphatic rings. The van der Waals surface area contributed by atoms with Crippen LogP contribution in [0.2, 0.25) is 0 Å². The van der Waals surface area contributed by atoms with Crippen LogP contribution in [0.1, 0.15) is 32.6 Å². The summed E-state index contributed by atoms with van der Waals surface area (Å²) >= 11 is 1.95. The fraction of sp³-hybridized carbons (Fsp3) is 0.923. The third kappa shape index (κ3) is 4.04. The molecule has 5 heteroatoms. The number of carbonyl (C=O) groups excluding carboxylic acids is 1. The summed E-state index contributed by atoms with van der Waals surface area (Å²) in [5, 5.41) is 7.23. The summed E-state index contributed by atoms with van der Waals surface area (Å²) in [7, 11) is 0. The lowest BCUT2D eigenvalue weighted by Crippen LogP contribution is -2.51. The quantitative estimate of drug-likeness (QED) is 0.833. The summed E-state index contributed by atoms with van der Waals surface area (Å²) < 4.78 is 0. The summed E-state index contributed by atoms with van der Waals surface area (Å²) in [5.74, 6) is 0.990. The minimum atomic E-state index is 0. The molecule has 3 atom stereocenters. The van der Waals surface area contributed by atoms with E-state index in [-0.39, 0.29) is 24.2 Å². The van der Waals surface area contributed by atoms with Crippen LogP contribution in [0, 0.1) is 11.8 Å². The molecule has 0 bridgehead atoms. The molecule has 106 valence electrons. The van der Waals surface area contributed by atoms with E-state index in [2.05, 4.69) is 23.8 Å². The molecule has 1 aliphatic heterocycles. The number of hydrogen-bond donors (Lipinski definition) is 2. The summed E-state index contributed by atoms with van der Waals surface area (Å²) in [5.41, 5.74) is 0. The highest BCUT2D eigenvalue weighted by molar-refractivity contribution is 7.99. The van der Waals surface area contributed by atoms with Gasteiger partial charge in [-0.15, -0.1) is 12.4 Å². The minimum Gasteiger partial charge on any atom is -0.353 e. The first-order chi connectivity index (χ1) is 8.20. The molecule has 1 heterocycles. The summed E-state index contributed by atoms with van der Waals surface area (Å²) in [6.07, 6.45) is 7.07. The topological polar surface area (TPSA) is 41.1 Å². The van der Waals surface area contributed by atoms with Gasteiger partial charge in [-0.1, -0.05) is 13.3 Å². The zero-order valence-electron chi connectivity index (χ0n) is 11.3. The van der Waals surface area contributed by atoms with E-state index in [9.17, 15) is 4.79 Å². The lowest BCUT2D eigenvalue weighted by molar-refractivity contribution is -0.127. The summed E-state index contributed by atoms with van der Waals surface area (Å²) in [4.78, 5) is 12.1. The predicted octanol–water partition coefficient (Wildman–Crippen LogP) is 2.05. The Bertz CT molecular complexity index is 274. The van der Waals surface area contributed by atoms with Gasteiger partial charge >= 0.3 is 0 Å². The van der Waals surface area contributed by atoms with Gasteiger partial charge in [-0.2, -0.15) is 11.8 Å². The van der Waals surface area contributed by atoms with Crippen molar-refractivity contribution in [1.29, 1.82) is 0 Å². The number of hydrogen-bond acceptors (Lipinski definition) is 3. The van der Waals surface area contributed by atoms with Crippen LogP contribution in [0.3, 0.4) is 0 Å². The van der Waals surface area contributed by atoms with Crippen molar-refractivity contribution in [3.05, 3.63) is 0 Å². The van der Waals surface area contributed by atoms with E-state index in [0.717, 1.165) is 24.8 Å². The Morgan fingerprint density at radius 1 is 1.39 bits per heavy atom. The van der Waals surface area contributed by atoms with Crippen LogP contribution in [0.15, 0.2) is 0 Å². The Morgan fingerprint density at radius 3 is 2.67 bits per heavy atom. The molecule has 1 saturated carbocycles. The molecule has 0 aromatic heterocycles. The van der Waals surface area contributed by atoms with Crippen LogP contribution in [0.25, 0.3) is 0 Å². The molecule has 0 aromatic rings. The zero-order chi connectivity index (χ0) is 12.3. The molecule has 2 fully saturated rings. The van der Waals surface area contributed by atoms with Crippen molar-refractivity contribution in [1.82, 2.24) is 10.6 Å². The van der Waals surface area contributed by atoms with Crippen LogP contribution in [-0.4, -0.2) is 36.5 Å². The van der Waals surface area contributed by atoms with Crippen molar-refractivity contribution in [2.24, 2.45) is 11.8 Å². The molecule has 2 N–H and O–H groups in total. The molecule has 0 aromatic carbocycles. The first-order valence-corrected chi connectivity index (χ1v) is 8.03. The Labute approximate surface area is 121 Å². The molecule has 1 aliphatic carbocycles. The maximum atomic E-state index is 12.1. The third-order valence-corrected chi connectivity index (χ3v) is 5.33. The van der Waals surface area contributed by atoms with Gasteiger partial charge in [-0.3, -0.25) is 4.79 Å². The Morgan fingerprint density at radius 2 is 2.11 bits per heavy atom. The van der Waals surface area contributed by atoms with Gasteiger partial charge in [0.25, 0.3) is 0 Å². The number of rotatable bonds is 4. The van der Waals surface area contributed by atoms with Gasteiger partial charge in [0.05, 0.1) is 0 Å².